The van der Waals surface area contributed by atoms with E-state index in [0.29, 0.717) is 5.02 Å². The van der Waals surface area contributed by atoms with E-state index < -0.39 is 10.8 Å². The molecule has 14 heavy (non-hydrogen) atoms. The molecule has 1 N–H and O–H groups in total. The molecule has 2 atom stereocenters. The fourth-order valence-corrected chi connectivity index (χ4v) is 1.90. The average Bonchev–Trinajstić information content (AvgIpc) is 2.16. The maximum atomic E-state index is 10.7. The van der Waals surface area contributed by atoms with Crippen LogP contribution in [0.3, 0.4) is 0 Å². The van der Waals surface area contributed by atoms with Crippen LogP contribution in [0.4, 0.5) is 0 Å². The van der Waals surface area contributed by atoms with E-state index >= 15 is 0 Å². The monoisotopic (exact) mass is 340 g/mol. The molecule has 0 aliphatic rings. The topological polar surface area (TPSA) is 37.3 Å². The molecule has 2 nitrogen and oxygen atoms in total. The van der Waals surface area contributed by atoms with Crippen molar-refractivity contribution in [2.45, 2.75) is 9.65 Å². The highest BCUT2D eigenvalue weighted by Gasteiger charge is 2.24. The summed E-state index contributed by atoms with van der Waals surface area (Å²) in [7, 11) is 0. The Morgan fingerprint density at radius 1 is 1.29 bits per heavy atom. The van der Waals surface area contributed by atoms with Gasteiger partial charge in [0.05, 0.1) is 4.83 Å². The largest absolute Gasteiger partial charge is 0.480 e. The Labute approximate surface area is 104 Å². The Balaban J connectivity index is 2.84. The second kappa shape index (κ2) is 5.14. The fourth-order valence-electron chi connectivity index (χ4n) is 0.941. The van der Waals surface area contributed by atoms with Gasteiger partial charge in [0, 0.05) is 5.02 Å². The molecule has 1 aromatic carbocycles. The minimum Gasteiger partial charge on any atom is -0.480 e. The Kier molecular flexibility index (Phi) is 4.41. The summed E-state index contributed by atoms with van der Waals surface area (Å²) in [4.78, 5) is 9.76. The molecule has 0 amide bonds. The molecule has 0 heterocycles. The summed E-state index contributed by atoms with van der Waals surface area (Å²) in [6, 6.07) is 7.04. The average molecular weight is 342 g/mol. The summed E-state index contributed by atoms with van der Waals surface area (Å²) in [6.07, 6.45) is 0. The third kappa shape index (κ3) is 2.97. The van der Waals surface area contributed by atoms with E-state index in [1.165, 1.54) is 0 Å². The summed E-state index contributed by atoms with van der Waals surface area (Å²) in [6.45, 7) is 0. The van der Waals surface area contributed by atoms with Crippen LogP contribution in [0.15, 0.2) is 24.3 Å². The van der Waals surface area contributed by atoms with Gasteiger partial charge in [0.1, 0.15) is 4.83 Å². The minimum atomic E-state index is -0.901. The zero-order chi connectivity index (χ0) is 10.7. The third-order valence-corrected chi connectivity index (χ3v) is 4.62. The van der Waals surface area contributed by atoms with Crippen molar-refractivity contribution in [1.29, 1.82) is 0 Å². The van der Waals surface area contributed by atoms with Crippen molar-refractivity contribution in [3.63, 3.8) is 0 Å². The van der Waals surface area contributed by atoms with Gasteiger partial charge in [0.25, 0.3) is 0 Å². The standard InChI is InChI=1S/C9H7Br2ClO2/c10-7(8(11)9(13)14)5-1-3-6(12)4-2-5/h1-4,7-8H,(H,13,14). The van der Waals surface area contributed by atoms with E-state index in [1.807, 2.05) is 0 Å². The van der Waals surface area contributed by atoms with Crippen molar-refractivity contribution in [3.8, 4) is 0 Å². The number of carbonyl (C=O) groups is 1. The van der Waals surface area contributed by atoms with Crippen molar-refractivity contribution >= 4 is 49.4 Å². The van der Waals surface area contributed by atoms with Crippen LogP contribution in [0.1, 0.15) is 10.4 Å². The molecule has 2 unspecified atom stereocenters. The molecule has 1 aromatic rings. The van der Waals surface area contributed by atoms with Crippen LogP contribution in [0.5, 0.6) is 0 Å². The first-order chi connectivity index (χ1) is 6.52. The summed E-state index contributed by atoms with van der Waals surface area (Å²) in [5.41, 5.74) is 0.874. The lowest BCUT2D eigenvalue weighted by atomic mass is 10.1. The van der Waals surface area contributed by atoms with Gasteiger partial charge in [-0.05, 0) is 17.7 Å². The highest BCUT2D eigenvalue weighted by Crippen LogP contribution is 2.31. The predicted octanol–water partition coefficient (Wildman–Crippen LogP) is 3.62. The molecule has 0 aliphatic carbocycles. The first kappa shape index (κ1) is 12.0. The van der Waals surface area contributed by atoms with Crippen molar-refractivity contribution in [2.75, 3.05) is 0 Å². The second-order valence-electron chi connectivity index (χ2n) is 2.69. The first-order valence-corrected chi connectivity index (χ1v) is 5.99. The molecule has 0 aliphatic heterocycles. The molecule has 0 spiro atoms. The summed E-state index contributed by atoms with van der Waals surface area (Å²) < 4.78 is 0. The minimum absolute atomic E-state index is 0.266. The van der Waals surface area contributed by atoms with Crippen LogP contribution in [-0.2, 0) is 4.79 Å². The Morgan fingerprint density at radius 3 is 2.21 bits per heavy atom. The smallest absolute Gasteiger partial charge is 0.318 e. The number of alkyl halides is 2. The van der Waals surface area contributed by atoms with Gasteiger partial charge in [-0.3, -0.25) is 4.79 Å². The Bertz CT molecular complexity index is 326. The van der Waals surface area contributed by atoms with Crippen LogP contribution >= 0.6 is 43.5 Å². The van der Waals surface area contributed by atoms with E-state index in [9.17, 15) is 4.79 Å². The molecule has 0 saturated heterocycles. The van der Waals surface area contributed by atoms with Crippen molar-refractivity contribution < 1.29 is 9.90 Å². The van der Waals surface area contributed by atoms with Gasteiger partial charge < -0.3 is 5.11 Å². The maximum Gasteiger partial charge on any atom is 0.318 e. The van der Waals surface area contributed by atoms with E-state index in [2.05, 4.69) is 31.9 Å². The van der Waals surface area contributed by atoms with Crippen LogP contribution in [-0.4, -0.2) is 15.9 Å². The van der Waals surface area contributed by atoms with Crippen molar-refractivity contribution in [2.24, 2.45) is 0 Å². The zero-order valence-electron chi connectivity index (χ0n) is 6.95. The number of carboxylic acid groups (broad SMARTS) is 1. The van der Waals surface area contributed by atoms with Gasteiger partial charge in [-0.25, -0.2) is 0 Å². The van der Waals surface area contributed by atoms with Crippen LogP contribution in [0.2, 0.25) is 5.02 Å². The first-order valence-electron chi connectivity index (χ1n) is 3.79. The molecule has 0 aromatic heterocycles. The van der Waals surface area contributed by atoms with Gasteiger partial charge in [0.2, 0.25) is 0 Å². The molecule has 5 heteroatoms. The highest BCUT2D eigenvalue weighted by atomic mass is 79.9. The molecule has 0 fully saturated rings. The molecule has 0 bridgehead atoms. The van der Waals surface area contributed by atoms with Gasteiger partial charge in [-0.2, -0.15) is 0 Å². The summed E-state index contributed by atoms with van der Waals surface area (Å²) in [5.74, 6) is -0.901. The van der Waals surface area contributed by atoms with E-state index in [-0.39, 0.29) is 4.83 Å². The van der Waals surface area contributed by atoms with Crippen LogP contribution in [0.25, 0.3) is 0 Å². The van der Waals surface area contributed by atoms with Gasteiger partial charge in [0.15, 0.2) is 0 Å². The highest BCUT2D eigenvalue weighted by molar-refractivity contribution is 9.12. The SMILES string of the molecule is O=C(O)C(Br)C(Br)c1ccc(Cl)cc1. The van der Waals surface area contributed by atoms with E-state index in [4.69, 9.17) is 16.7 Å². The molecule has 76 valence electrons. The van der Waals surface area contributed by atoms with Crippen LogP contribution in [0, 0.1) is 0 Å². The van der Waals surface area contributed by atoms with E-state index in [0.717, 1.165) is 5.56 Å². The number of rotatable bonds is 3. The molecule has 0 saturated carbocycles. The molecular formula is C9H7Br2ClO2. The summed E-state index contributed by atoms with van der Waals surface area (Å²) >= 11 is 12.1. The third-order valence-electron chi connectivity index (χ3n) is 1.68. The number of halogens is 3. The van der Waals surface area contributed by atoms with Crippen molar-refractivity contribution in [3.05, 3.63) is 34.9 Å². The summed E-state index contributed by atoms with van der Waals surface area (Å²) in [5, 5.41) is 9.40. The number of hydrogen-bond donors (Lipinski definition) is 1. The molecular weight excluding hydrogens is 335 g/mol. The second-order valence-corrected chi connectivity index (χ2v) is 5.10. The lowest BCUT2D eigenvalue weighted by Gasteiger charge is -2.12. The predicted molar refractivity (Wildman–Crippen MR) is 63.5 cm³/mol. The van der Waals surface area contributed by atoms with Gasteiger partial charge in [-0.15, -0.1) is 0 Å². The maximum absolute atomic E-state index is 10.7. The normalized spacial score (nSPS) is 14.8. The molecule has 1 rings (SSSR count). The number of aliphatic carboxylic acids is 1. The fraction of sp³-hybridized carbons (Fsp3) is 0.222. The quantitative estimate of drug-likeness (QED) is 0.852. The number of carboxylic acids is 1. The van der Waals surface area contributed by atoms with Crippen molar-refractivity contribution in [1.82, 2.24) is 0 Å². The Morgan fingerprint density at radius 2 is 1.79 bits per heavy atom. The van der Waals surface area contributed by atoms with Gasteiger partial charge in [-0.1, -0.05) is 55.6 Å². The Hall–Kier alpha value is -0.0600. The van der Waals surface area contributed by atoms with E-state index in [1.54, 1.807) is 24.3 Å². The lowest BCUT2D eigenvalue weighted by Crippen LogP contribution is -2.17. The zero-order valence-corrected chi connectivity index (χ0v) is 10.9. The molecule has 0 radical (unpaired) electrons. The lowest BCUT2D eigenvalue weighted by molar-refractivity contribution is -0.136. The van der Waals surface area contributed by atoms with Crippen LogP contribution < -0.4 is 0 Å². The number of hydrogen-bond acceptors (Lipinski definition) is 1. The van der Waals surface area contributed by atoms with Gasteiger partial charge >= 0.3 is 5.97 Å². The number of benzene rings is 1.